The molecule has 1 aliphatic rings. The van der Waals surface area contributed by atoms with Crippen LogP contribution in [0.5, 0.6) is 5.75 Å². The molecule has 0 fully saturated rings. The summed E-state index contributed by atoms with van der Waals surface area (Å²) in [6, 6.07) is 10.9. The van der Waals surface area contributed by atoms with E-state index < -0.39 is 11.8 Å². The third-order valence-corrected chi connectivity index (χ3v) is 3.44. The Morgan fingerprint density at radius 1 is 1.14 bits per heavy atom. The van der Waals surface area contributed by atoms with Gasteiger partial charge in [-0.25, -0.2) is 9.18 Å². The van der Waals surface area contributed by atoms with Crippen LogP contribution in [0.15, 0.2) is 49.0 Å². The van der Waals surface area contributed by atoms with Gasteiger partial charge < -0.3 is 9.47 Å². The Kier molecular flexibility index (Phi) is 3.01. The average Bonchev–Trinajstić information content (AvgIpc) is 2.46. The molecule has 0 radical (unpaired) electrons. The van der Waals surface area contributed by atoms with Crippen LogP contribution in [0.25, 0.3) is 6.08 Å². The van der Waals surface area contributed by atoms with Crippen molar-refractivity contribution in [3.63, 3.8) is 0 Å². The van der Waals surface area contributed by atoms with Gasteiger partial charge in [0.1, 0.15) is 17.1 Å². The van der Waals surface area contributed by atoms with Crippen LogP contribution in [0.2, 0.25) is 0 Å². The second-order valence-corrected chi connectivity index (χ2v) is 4.87. The topological polar surface area (TPSA) is 35.5 Å². The minimum absolute atomic E-state index is 0.354. The van der Waals surface area contributed by atoms with Gasteiger partial charge in [0.05, 0.1) is 0 Å². The Morgan fingerprint density at radius 2 is 1.86 bits per heavy atom. The van der Waals surface area contributed by atoms with E-state index in [1.54, 1.807) is 31.2 Å². The second-order valence-electron chi connectivity index (χ2n) is 4.87. The summed E-state index contributed by atoms with van der Waals surface area (Å²) in [5, 5.41) is 0. The Bertz CT molecular complexity index is 721. The summed E-state index contributed by atoms with van der Waals surface area (Å²) in [6.45, 7) is 5.30. The molecule has 21 heavy (non-hydrogen) atoms. The molecule has 2 aromatic carbocycles. The minimum Gasteiger partial charge on any atom is -0.447 e. The lowest BCUT2D eigenvalue weighted by molar-refractivity contribution is -0.148. The zero-order chi connectivity index (χ0) is 15.0. The molecule has 1 unspecified atom stereocenters. The first-order valence-electron chi connectivity index (χ1n) is 6.47. The van der Waals surface area contributed by atoms with Gasteiger partial charge in [0.15, 0.2) is 0 Å². The number of halogens is 1. The van der Waals surface area contributed by atoms with Crippen molar-refractivity contribution < 1.29 is 18.7 Å². The molecule has 0 amide bonds. The van der Waals surface area contributed by atoms with Crippen molar-refractivity contribution in [2.45, 2.75) is 12.7 Å². The summed E-state index contributed by atoms with van der Waals surface area (Å²) in [6.07, 6.45) is 1.57. The van der Waals surface area contributed by atoms with Gasteiger partial charge in [0.25, 0.3) is 5.79 Å². The van der Waals surface area contributed by atoms with Crippen molar-refractivity contribution >= 4 is 12.0 Å². The molecule has 2 aromatic rings. The number of carbonyl (C=O) groups excluding carboxylic acids is 1. The smallest absolute Gasteiger partial charge is 0.346 e. The molecule has 3 rings (SSSR count). The number of carbonyl (C=O) groups is 1. The highest BCUT2D eigenvalue weighted by atomic mass is 19.1. The summed E-state index contributed by atoms with van der Waals surface area (Å²) in [4.78, 5) is 12.3. The third-order valence-electron chi connectivity index (χ3n) is 3.44. The van der Waals surface area contributed by atoms with Gasteiger partial charge in [0.2, 0.25) is 0 Å². The summed E-state index contributed by atoms with van der Waals surface area (Å²) in [7, 11) is 0. The van der Waals surface area contributed by atoms with Crippen LogP contribution in [-0.4, -0.2) is 5.97 Å². The minimum atomic E-state index is -1.28. The molecule has 0 spiro atoms. The standard InChI is InChI=1S/C17H13FO3/c1-3-11-5-4-6-14-15(11)16(19)21-17(2,20-14)12-7-9-13(18)10-8-12/h3-10H,1H2,2H3. The van der Waals surface area contributed by atoms with E-state index in [0.29, 0.717) is 22.4 Å². The fourth-order valence-corrected chi connectivity index (χ4v) is 2.35. The SMILES string of the molecule is C=Cc1cccc2c1C(=O)OC(C)(c1ccc(F)cc1)O2. The molecule has 1 atom stereocenters. The number of hydrogen-bond acceptors (Lipinski definition) is 3. The van der Waals surface area contributed by atoms with Gasteiger partial charge in [-0.2, -0.15) is 0 Å². The molecule has 4 heteroatoms. The van der Waals surface area contributed by atoms with Crippen LogP contribution in [-0.2, 0) is 10.5 Å². The van der Waals surface area contributed by atoms with Crippen LogP contribution < -0.4 is 4.74 Å². The monoisotopic (exact) mass is 284 g/mol. The summed E-state index contributed by atoms with van der Waals surface area (Å²) in [5.41, 5.74) is 1.57. The first kappa shape index (κ1) is 13.4. The van der Waals surface area contributed by atoms with Crippen LogP contribution in [0, 0.1) is 5.82 Å². The quantitative estimate of drug-likeness (QED) is 0.785. The number of fused-ring (bicyclic) bond motifs is 1. The highest BCUT2D eigenvalue weighted by molar-refractivity contribution is 5.97. The van der Waals surface area contributed by atoms with E-state index in [9.17, 15) is 9.18 Å². The average molecular weight is 284 g/mol. The Balaban J connectivity index is 2.07. The highest BCUT2D eigenvalue weighted by Gasteiger charge is 2.40. The fraction of sp³-hybridized carbons (Fsp3) is 0.118. The normalized spacial score (nSPS) is 20.2. The van der Waals surface area contributed by atoms with Gasteiger partial charge in [-0.3, -0.25) is 0 Å². The molecule has 0 bridgehead atoms. The van der Waals surface area contributed by atoms with E-state index in [4.69, 9.17) is 9.47 Å². The Labute approximate surface area is 121 Å². The van der Waals surface area contributed by atoms with Crippen LogP contribution in [0.3, 0.4) is 0 Å². The van der Waals surface area contributed by atoms with E-state index in [2.05, 4.69) is 6.58 Å². The maximum Gasteiger partial charge on any atom is 0.346 e. The summed E-state index contributed by atoms with van der Waals surface area (Å²) < 4.78 is 24.3. The number of ether oxygens (including phenoxy) is 2. The van der Waals surface area contributed by atoms with Crippen molar-refractivity contribution in [1.82, 2.24) is 0 Å². The predicted octanol–water partition coefficient (Wildman–Crippen LogP) is 3.89. The van der Waals surface area contributed by atoms with Gasteiger partial charge in [0, 0.05) is 12.5 Å². The molecule has 0 aliphatic carbocycles. The summed E-state index contributed by atoms with van der Waals surface area (Å²) >= 11 is 0. The number of cyclic esters (lactones) is 1. The molecule has 0 N–H and O–H groups in total. The maximum absolute atomic E-state index is 13.0. The van der Waals surface area contributed by atoms with Crippen molar-refractivity contribution in [3.8, 4) is 5.75 Å². The fourth-order valence-electron chi connectivity index (χ4n) is 2.35. The maximum atomic E-state index is 13.0. The first-order valence-corrected chi connectivity index (χ1v) is 6.47. The molecular weight excluding hydrogens is 271 g/mol. The van der Waals surface area contributed by atoms with E-state index >= 15 is 0 Å². The van der Waals surface area contributed by atoms with Crippen molar-refractivity contribution in [3.05, 3.63) is 71.6 Å². The Morgan fingerprint density at radius 3 is 2.52 bits per heavy atom. The number of hydrogen-bond donors (Lipinski definition) is 0. The molecule has 106 valence electrons. The largest absolute Gasteiger partial charge is 0.447 e. The zero-order valence-corrected chi connectivity index (χ0v) is 11.4. The van der Waals surface area contributed by atoms with Gasteiger partial charge in [-0.05, 0) is 35.9 Å². The van der Waals surface area contributed by atoms with Crippen molar-refractivity contribution in [1.29, 1.82) is 0 Å². The lowest BCUT2D eigenvalue weighted by Crippen LogP contribution is -2.39. The van der Waals surface area contributed by atoms with E-state index in [1.165, 1.54) is 24.3 Å². The van der Waals surface area contributed by atoms with Gasteiger partial charge in [-0.1, -0.05) is 24.8 Å². The zero-order valence-electron chi connectivity index (χ0n) is 11.4. The number of benzene rings is 2. The Hall–Kier alpha value is -2.62. The number of esters is 1. The van der Waals surface area contributed by atoms with Crippen molar-refractivity contribution in [2.24, 2.45) is 0 Å². The van der Waals surface area contributed by atoms with Crippen LogP contribution in [0.1, 0.15) is 28.4 Å². The predicted molar refractivity (Wildman–Crippen MR) is 76.3 cm³/mol. The molecule has 0 aromatic heterocycles. The number of rotatable bonds is 2. The van der Waals surface area contributed by atoms with Crippen LogP contribution >= 0.6 is 0 Å². The van der Waals surface area contributed by atoms with Crippen LogP contribution in [0.4, 0.5) is 4.39 Å². The first-order chi connectivity index (χ1) is 10.0. The van der Waals surface area contributed by atoms with Gasteiger partial charge >= 0.3 is 5.97 Å². The van der Waals surface area contributed by atoms with E-state index in [0.717, 1.165) is 0 Å². The van der Waals surface area contributed by atoms with E-state index in [-0.39, 0.29) is 5.82 Å². The van der Waals surface area contributed by atoms with Gasteiger partial charge in [-0.15, -0.1) is 0 Å². The highest BCUT2D eigenvalue weighted by Crippen LogP contribution is 2.38. The lowest BCUT2D eigenvalue weighted by Gasteiger charge is -2.35. The molecule has 1 heterocycles. The lowest BCUT2D eigenvalue weighted by atomic mass is 10.0. The molecule has 0 saturated heterocycles. The molecule has 3 nitrogen and oxygen atoms in total. The molecule has 0 saturated carbocycles. The van der Waals surface area contributed by atoms with E-state index in [1.807, 2.05) is 0 Å². The third kappa shape index (κ3) is 2.18. The molecular formula is C17H13FO3. The second kappa shape index (κ2) is 4.74. The van der Waals surface area contributed by atoms with Crippen molar-refractivity contribution in [2.75, 3.05) is 0 Å². The summed E-state index contributed by atoms with van der Waals surface area (Å²) in [5.74, 6) is -1.70. The molecule has 1 aliphatic heterocycles.